The van der Waals surface area contributed by atoms with Crippen LogP contribution < -0.4 is 14.9 Å². The van der Waals surface area contributed by atoms with Crippen LogP contribution in [0.3, 0.4) is 0 Å². The molecule has 0 unspecified atom stereocenters. The fraction of sp³-hybridized carbons (Fsp3) is 0.440. The molecule has 13 nitrogen and oxygen atoms in total. The van der Waals surface area contributed by atoms with Crippen molar-refractivity contribution in [1.82, 2.24) is 24.6 Å². The van der Waals surface area contributed by atoms with E-state index in [1.54, 1.807) is 39.1 Å². The Bertz CT molecular complexity index is 1430. The molecule has 0 saturated carbocycles. The third-order valence-electron chi connectivity index (χ3n) is 5.95. The van der Waals surface area contributed by atoms with Crippen LogP contribution >= 0.6 is 7.75 Å². The second kappa shape index (κ2) is 11.9. The second-order valence-electron chi connectivity index (χ2n) is 9.21. The number of anilines is 1. The molecule has 0 spiro atoms. The zero-order valence-electron chi connectivity index (χ0n) is 22.2. The van der Waals surface area contributed by atoms with Gasteiger partial charge in [-0.15, -0.1) is 6.42 Å². The Morgan fingerprint density at radius 2 is 2.02 bits per heavy atom. The van der Waals surface area contributed by atoms with Crippen molar-refractivity contribution in [3.8, 4) is 18.1 Å². The highest BCUT2D eigenvalue weighted by molar-refractivity contribution is 7.52. The van der Waals surface area contributed by atoms with Gasteiger partial charge in [0.25, 0.3) is 0 Å². The summed E-state index contributed by atoms with van der Waals surface area (Å²) < 4.78 is 53.2. The van der Waals surface area contributed by atoms with Gasteiger partial charge in [-0.1, -0.05) is 24.1 Å². The van der Waals surface area contributed by atoms with Gasteiger partial charge in [0.05, 0.1) is 19.0 Å². The number of aliphatic hydroxyl groups is 1. The molecule has 1 aromatic carbocycles. The predicted octanol–water partition coefficient (Wildman–Crippen LogP) is 2.60. The zero-order chi connectivity index (χ0) is 29.1. The molecule has 1 saturated heterocycles. The van der Waals surface area contributed by atoms with Gasteiger partial charge in [-0.3, -0.25) is 13.9 Å². The molecule has 214 valence electrons. The Morgan fingerprint density at radius 1 is 1.30 bits per heavy atom. The summed E-state index contributed by atoms with van der Waals surface area (Å²) in [6, 6.07) is 6.97. The topological polar surface area (TPSA) is 159 Å². The Hall–Kier alpha value is -3.60. The van der Waals surface area contributed by atoms with E-state index in [2.05, 4.69) is 25.4 Å². The SMILES string of the molecule is C#C[C@@]1(F)[C@H](O)[C@@H](CO[P@](=O)(N[C@H](C)C(=O)OC(C)C)Oc2ccccc2)O[C@H]1n1cnc2c(NC)ncnc21. The molecule has 1 aliphatic rings. The minimum Gasteiger partial charge on any atom is -0.462 e. The number of para-hydroxylation sites is 1. The third kappa shape index (κ3) is 5.94. The quantitative estimate of drug-likeness (QED) is 0.174. The maximum Gasteiger partial charge on any atom is 0.459 e. The second-order valence-corrected chi connectivity index (χ2v) is 10.9. The summed E-state index contributed by atoms with van der Waals surface area (Å²) >= 11 is 0. The van der Waals surface area contributed by atoms with E-state index in [0.717, 1.165) is 0 Å². The maximum absolute atomic E-state index is 16.1. The first-order valence-corrected chi connectivity index (χ1v) is 13.9. The van der Waals surface area contributed by atoms with Crippen LogP contribution in [0.2, 0.25) is 0 Å². The number of terminal acetylenes is 1. The number of carbonyl (C=O) groups excluding carboxylic acids is 1. The lowest BCUT2D eigenvalue weighted by molar-refractivity contribution is -0.149. The van der Waals surface area contributed by atoms with Gasteiger partial charge in [0.1, 0.15) is 35.8 Å². The molecular weight excluding hydrogens is 546 g/mol. The van der Waals surface area contributed by atoms with Crippen molar-refractivity contribution < 1.29 is 37.4 Å². The van der Waals surface area contributed by atoms with E-state index < -0.39 is 56.6 Å². The van der Waals surface area contributed by atoms with Gasteiger partial charge in [0, 0.05) is 7.05 Å². The number of fused-ring (bicyclic) bond motifs is 1. The summed E-state index contributed by atoms with van der Waals surface area (Å²) in [7, 11) is -2.68. The number of hydrogen-bond donors (Lipinski definition) is 3. The first kappa shape index (κ1) is 29.4. The van der Waals surface area contributed by atoms with E-state index in [9.17, 15) is 14.5 Å². The maximum atomic E-state index is 16.1. The van der Waals surface area contributed by atoms with Crippen molar-refractivity contribution in [2.24, 2.45) is 0 Å². The van der Waals surface area contributed by atoms with Gasteiger partial charge in [0.15, 0.2) is 17.7 Å². The molecule has 3 heterocycles. The van der Waals surface area contributed by atoms with Crippen molar-refractivity contribution >= 4 is 30.7 Å². The fourth-order valence-electron chi connectivity index (χ4n) is 4.02. The van der Waals surface area contributed by atoms with E-state index >= 15 is 4.39 Å². The van der Waals surface area contributed by atoms with Crippen molar-refractivity contribution in [1.29, 1.82) is 0 Å². The first-order chi connectivity index (χ1) is 19.0. The van der Waals surface area contributed by atoms with Gasteiger partial charge in [0.2, 0.25) is 5.67 Å². The average Bonchev–Trinajstić information content (AvgIpc) is 3.46. The Kier molecular flexibility index (Phi) is 8.72. The fourth-order valence-corrected chi connectivity index (χ4v) is 5.53. The van der Waals surface area contributed by atoms with Crippen molar-refractivity contribution in [2.75, 3.05) is 19.0 Å². The van der Waals surface area contributed by atoms with E-state index in [1.807, 2.05) is 5.92 Å². The number of nitrogens with one attached hydrogen (secondary N) is 2. The number of ether oxygens (including phenoxy) is 2. The normalized spacial score (nSPS) is 24.8. The molecule has 1 fully saturated rings. The zero-order valence-corrected chi connectivity index (χ0v) is 23.1. The summed E-state index contributed by atoms with van der Waals surface area (Å²) in [6.45, 7) is 4.13. The molecular formula is C25H30FN6O7P. The number of imidazole rings is 1. The van der Waals surface area contributed by atoms with Gasteiger partial charge in [-0.05, 0) is 32.9 Å². The van der Waals surface area contributed by atoms with Gasteiger partial charge in [-0.2, -0.15) is 5.09 Å². The number of hydrogen-bond acceptors (Lipinski definition) is 11. The minimum absolute atomic E-state index is 0.168. The molecule has 0 bridgehead atoms. The van der Waals surface area contributed by atoms with Crippen molar-refractivity contribution in [3.05, 3.63) is 43.0 Å². The highest BCUT2D eigenvalue weighted by Gasteiger charge is 2.58. The van der Waals surface area contributed by atoms with Crippen LogP contribution in [0.15, 0.2) is 43.0 Å². The molecule has 0 amide bonds. The van der Waals surface area contributed by atoms with Crippen LogP contribution in [-0.4, -0.2) is 74.3 Å². The number of benzene rings is 1. The minimum atomic E-state index is -4.32. The number of esters is 1. The lowest BCUT2D eigenvalue weighted by Gasteiger charge is -2.25. The Morgan fingerprint density at radius 3 is 2.67 bits per heavy atom. The Balaban J connectivity index is 1.58. The van der Waals surface area contributed by atoms with Crippen molar-refractivity contribution in [3.63, 3.8) is 0 Å². The number of nitrogens with zero attached hydrogens (tertiary/aromatic N) is 4. The van der Waals surface area contributed by atoms with Gasteiger partial charge < -0.3 is 24.4 Å². The number of aliphatic hydroxyl groups excluding tert-OH is 1. The third-order valence-corrected chi connectivity index (χ3v) is 7.59. The lowest BCUT2D eigenvalue weighted by atomic mass is 9.97. The van der Waals surface area contributed by atoms with Crippen LogP contribution in [0.25, 0.3) is 11.2 Å². The molecule has 15 heteroatoms. The van der Waals surface area contributed by atoms with Crippen molar-refractivity contribution in [2.45, 2.75) is 57.0 Å². The molecule has 6 atom stereocenters. The van der Waals surface area contributed by atoms with Crippen LogP contribution in [0.5, 0.6) is 5.75 Å². The van der Waals surface area contributed by atoms with Crippen LogP contribution in [0, 0.1) is 12.3 Å². The standard InChI is InChI=1S/C25H30FN6O7P/c1-6-25(26)20(33)18(38-24(25)32-14-30-19-21(27-5)28-13-29-22(19)32)12-36-40(35,39-17-10-8-7-9-11-17)31-16(4)23(34)37-15(2)3/h1,7-11,13-16,18,20,24,33H,12H2,2-5H3,(H,31,35)(H,27,28,29)/t16-,18-,20-,24-,25-,40-/m1/s1. The molecule has 3 aromatic rings. The van der Waals surface area contributed by atoms with Crippen LogP contribution in [-0.2, 0) is 23.4 Å². The summed E-state index contributed by atoms with van der Waals surface area (Å²) in [5.41, 5.74) is -2.21. The van der Waals surface area contributed by atoms with Crippen LogP contribution in [0.1, 0.15) is 27.0 Å². The van der Waals surface area contributed by atoms with Gasteiger partial charge >= 0.3 is 13.7 Å². The number of aromatic nitrogens is 4. The summed E-state index contributed by atoms with van der Waals surface area (Å²) in [6.07, 6.45) is 2.75. The molecule has 3 N–H and O–H groups in total. The molecule has 2 aromatic heterocycles. The summed E-state index contributed by atoms with van der Waals surface area (Å²) in [4.78, 5) is 24.8. The Labute approximate surface area is 230 Å². The highest BCUT2D eigenvalue weighted by atomic mass is 31.2. The lowest BCUT2D eigenvalue weighted by Crippen LogP contribution is -2.42. The van der Waals surface area contributed by atoms with Crippen LogP contribution in [0.4, 0.5) is 10.2 Å². The number of alkyl halides is 1. The average molecular weight is 577 g/mol. The van der Waals surface area contributed by atoms with E-state index in [0.29, 0.717) is 11.3 Å². The van der Waals surface area contributed by atoms with Gasteiger partial charge in [-0.25, -0.2) is 23.9 Å². The predicted molar refractivity (Wildman–Crippen MR) is 142 cm³/mol. The molecule has 0 radical (unpaired) electrons. The molecule has 4 rings (SSSR count). The largest absolute Gasteiger partial charge is 0.462 e. The monoisotopic (exact) mass is 576 g/mol. The number of rotatable bonds is 11. The first-order valence-electron chi connectivity index (χ1n) is 12.3. The highest BCUT2D eigenvalue weighted by Crippen LogP contribution is 2.48. The molecule has 0 aliphatic carbocycles. The number of carbonyl (C=O) groups is 1. The summed E-state index contributed by atoms with van der Waals surface area (Å²) in [5.74, 6) is 1.84. The smallest absolute Gasteiger partial charge is 0.459 e. The van der Waals surface area contributed by atoms with E-state index in [-0.39, 0.29) is 11.4 Å². The van der Waals surface area contributed by atoms with E-state index in [4.69, 9.17) is 24.9 Å². The molecule has 1 aliphatic heterocycles. The number of halogens is 1. The molecule has 40 heavy (non-hydrogen) atoms. The summed E-state index contributed by atoms with van der Waals surface area (Å²) in [5, 5.41) is 16.3. The van der Waals surface area contributed by atoms with E-state index in [1.165, 1.54) is 36.3 Å².